The summed E-state index contributed by atoms with van der Waals surface area (Å²) in [6.45, 7) is 0. The molecule has 0 aromatic heterocycles. The summed E-state index contributed by atoms with van der Waals surface area (Å²) < 4.78 is 0.965. The lowest BCUT2D eigenvalue weighted by Crippen LogP contribution is -2.14. The van der Waals surface area contributed by atoms with Crippen LogP contribution < -0.4 is 0 Å². The van der Waals surface area contributed by atoms with Crippen LogP contribution in [0.5, 0.6) is 0 Å². The van der Waals surface area contributed by atoms with E-state index in [4.69, 9.17) is 0 Å². The molecule has 3 heteroatoms. The molecule has 0 aliphatic heterocycles. The van der Waals surface area contributed by atoms with Gasteiger partial charge in [-0.15, -0.1) is 0 Å². The first kappa shape index (κ1) is 15.3. The molecule has 2 nitrogen and oxygen atoms in total. The number of Topliss-reactive ketones (excluding diaryl/α,β-unsaturated/α-hetero) is 1. The van der Waals surface area contributed by atoms with Crippen molar-refractivity contribution in [2.75, 3.05) is 0 Å². The first-order valence-corrected chi connectivity index (χ1v) is 8.18. The van der Waals surface area contributed by atoms with Gasteiger partial charge in [-0.3, -0.25) is 4.79 Å². The third-order valence-electron chi connectivity index (χ3n) is 4.18. The zero-order chi connectivity index (χ0) is 14.4. The molecule has 0 N–H and O–H groups in total. The summed E-state index contributed by atoms with van der Waals surface area (Å²) in [6.07, 6.45) is 7.93. The second-order valence-electron chi connectivity index (χ2n) is 5.62. The van der Waals surface area contributed by atoms with Crippen molar-refractivity contribution in [3.8, 4) is 6.07 Å². The number of rotatable bonds is 5. The molecule has 1 saturated carbocycles. The minimum atomic E-state index is -0.605. The van der Waals surface area contributed by atoms with Gasteiger partial charge in [-0.1, -0.05) is 60.2 Å². The number of nitrogens with zero attached hydrogens (tertiary/aromatic N) is 1. The van der Waals surface area contributed by atoms with Gasteiger partial charge in [0, 0.05) is 10.9 Å². The van der Waals surface area contributed by atoms with Crippen LogP contribution in [0, 0.1) is 17.2 Å². The largest absolute Gasteiger partial charge is 0.298 e. The van der Waals surface area contributed by atoms with Crippen LogP contribution in [0.1, 0.15) is 56.4 Å². The van der Waals surface area contributed by atoms with Crippen molar-refractivity contribution in [3.05, 3.63) is 34.3 Å². The maximum absolute atomic E-state index is 12.3. The van der Waals surface area contributed by atoms with E-state index in [1.807, 2.05) is 24.3 Å². The number of carbonyl (C=O) groups is 1. The predicted octanol–water partition coefficient (Wildman–Crippen LogP) is 4.99. The van der Waals surface area contributed by atoms with Gasteiger partial charge in [-0.05, 0) is 30.0 Å². The number of hydrogen-bond donors (Lipinski definition) is 0. The average Bonchev–Trinajstić information content (AvgIpc) is 2.49. The Bertz CT molecular complexity index is 483. The van der Waals surface area contributed by atoms with Gasteiger partial charge in [0.15, 0.2) is 5.78 Å². The molecule has 0 saturated heterocycles. The molecule has 0 heterocycles. The second-order valence-corrected chi connectivity index (χ2v) is 6.54. The van der Waals surface area contributed by atoms with Crippen LogP contribution in [0.4, 0.5) is 0 Å². The van der Waals surface area contributed by atoms with Crippen molar-refractivity contribution >= 4 is 21.7 Å². The van der Waals surface area contributed by atoms with Crippen LogP contribution in [0.3, 0.4) is 0 Å². The SMILES string of the molecule is N#CC(C(=O)CCC1CCCCC1)c1ccc(Br)cc1. The highest BCUT2D eigenvalue weighted by molar-refractivity contribution is 9.10. The lowest BCUT2D eigenvalue weighted by Gasteiger charge is -2.21. The number of benzene rings is 1. The maximum Gasteiger partial charge on any atom is 0.154 e. The van der Waals surface area contributed by atoms with E-state index >= 15 is 0 Å². The lowest BCUT2D eigenvalue weighted by atomic mass is 9.84. The molecule has 1 atom stereocenters. The Hall–Kier alpha value is -1.14. The zero-order valence-corrected chi connectivity index (χ0v) is 13.2. The molecule has 2 rings (SSSR count). The molecule has 1 unspecified atom stereocenters. The molecule has 0 amide bonds. The van der Waals surface area contributed by atoms with Gasteiger partial charge in [-0.25, -0.2) is 0 Å². The highest BCUT2D eigenvalue weighted by Gasteiger charge is 2.22. The third-order valence-corrected chi connectivity index (χ3v) is 4.71. The summed E-state index contributed by atoms with van der Waals surface area (Å²) in [6, 6.07) is 9.64. The third kappa shape index (κ3) is 4.18. The Labute approximate surface area is 129 Å². The minimum absolute atomic E-state index is 0.0698. The molecular weight excluding hydrogens is 314 g/mol. The number of carbonyl (C=O) groups excluding carboxylic acids is 1. The highest BCUT2D eigenvalue weighted by Crippen LogP contribution is 2.29. The maximum atomic E-state index is 12.3. The van der Waals surface area contributed by atoms with Gasteiger partial charge < -0.3 is 0 Å². The van der Waals surface area contributed by atoms with Crippen molar-refractivity contribution in [3.63, 3.8) is 0 Å². The summed E-state index contributed by atoms with van der Waals surface area (Å²) in [5.74, 6) is 0.157. The van der Waals surface area contributed by atoms with Crippen molar-refractivity contribution in [1.29, 1.82) is 5.26 Å². The Morgan fingerprint density at radius 3 is 2.50 bits per heavy atom. The molecule has 0 radical (unpaired) electrons. The summed E-state index contributed by atoms with van der Waals surface area (Å²) >= 11 is 3.37. The van der Waals surface area contributed by atoms with E-state index in [0.717, 1.165) is 16.5 Å². The number of halogens is 1. The summed E-state index contributed by atoms with van der Waals surface area (Å²) in [5, 5.41) is 9.27. The predicted molar refractivity (Wildman–Crippen MR) is 83.3 cm³/mol. The standard InChI is InChI=1S/C17H20BrNO/c18-15-9-7-14(8-10-15)16(12-19)17(20)11-6-13-4-2-1-3-5-13/h7-10,13,16H,1-6,11H2. The molecule has 1 aromatic carbocycles. The van der Waals surface area contributed by atoms with Crippen LogP contribution in [-0.2, 0) is 4.79 Å². The van der Waals surface area contributed by atoms with Crippen LogP contribution in [0.15, 0.2) is 28.7 Å². The topological polar surface area (TPSA) is 40.9 Å². The van der Waals surface area contributed by atoms with Gasteiger partial charge in [0.1, 0.15) is 5.92 Å². The fourth-order valence-electron chi connectivity index (χ4n) is 2.95. The molecule has 1 aliphatic carbocycles. The molecule has 1 aromatic rings. The molecule has 1 aliphatic rings. The smallest absolute Gasteiger partial charge is 0.154 e. The highest BCUT2D eigenvalue weighted by atomic mass is 79.9. The van der Waals surface area contributed by atoms with Crippen LogP contribution in [0.2, 0.25) is 0 Å². The van der Waals surface area contributed by atoms with Gasteiger partial charge >= 0.3 is 0 Å². The van der Waals surface area contributed by atoms with Crippen LogP contribution in [-0.4, -0.2) is 5.78 Å². The van der Waals surface area contributed by atoms with Crippen molar-refractivity contribution in [2.45, 2.75) is 50.9 Å². The Balaban J connectivity index is 1.92. The van der Waals surface area contributed by atoms with E-state index in [1.165, 1.54) is 32.1 Å². The van der Waals surface area contributed by atoms with Gasteiger partial charge in [0.2, 0.25) is 0 Å². The van der Waals surface area contributed by atoms with Gasteiger partial charge in [0.25, 0.3) is 0 Å². The van der Waals surface area contributed by atoms with E-state index < -0.39 is 5.92 Å². The average molecular weight is 334 g/mol. The van der Waals surface area contributed by atoms with E-state index in [0.29, 0.717) is 12.3 Å². The Kier molecular flexibility index (Phi) is 5.79. The van der Waals surface area contributed by atoms with Gasteiger partial charge in [-0.2, -0.15) is 5.26 Å². The number of nitriles is 1. The van der Waals surface area contributed by atoms with E-state index in [9.17, 15) is 10.1 Å². The quantitative estimate of drug-likeness (QED) is 0.761. The molecule has 0 spiro atoms. The summed E-state index contributed by atoms with van der Waals surface area (Å²) in [4.78, 5) is 12.3. The number of hydrogen-bond acceptors (Lipinski definition) is 2. The fraction of sp³-hybridized carbons (Fsp3) is 0.529. The van der Waals surface area contributed by atoms with Crippen LogP contribution >= 0.6 is 15.9 Å². The summed E-state index contributed by atoms with van der Waals surface area (Å²) in [5.41, 5.74) is 0.810. The molecule has 106 valence electrons. The fourth-order valence-corrected chi connectivity index (χ4v) is 3.22. The van der Waals surface area contributed by atoms with Crippen molar-refractivity contribution < 1.29 is 4.79 Å². The van der Waals surface area contributed by atoms with E-state index in [1.54, 1.807) is 0 Å². The monoisotopic (exact) mass is 333 g/mol. The lowest BCUT2D eigenvalue weighted by molar-refractivity contribution is -0.119. The summed E-state index contributed by atoms with van der Waals surface area (Å²) in [7, 11) is 0. The normalized spacial score (nSPS) is 17.4. The minimum Gasteiger partial charge on any atom is -0.298 e. The Morgan fingerprint density at radius 2 is 1.90 bits per heavy atom. The molecular formula is C17H20BrNO. The molecule has 1 fully saturated rings. The Morgan fingerprint density at radius 1 is 1.25 bits per heavy atom. The van der Waals surface area contributed by atoms with Crippen molar-refractivity contribution in [2.24, 2.45) is 5.92 Å². The van der Waals surface area contributed by atoms with E-state index in [2.05, 4.69) is 22.0 Å². The van der Waals surface area contributed by atoms with Crippen molar-refractivity contribution in [1.82, 2.24) is 0 Å². The van der Waals surface area contributed by atoms with Crippen LogP contribution in [0.25, 0.3) is 0 Å². The molecule has 20 heavy (non-hydrogen) atoms. The second kappa shape index (κ2) is 7.59. The van der Waals surface area contributed by atoms with Gasteiger partial charge in [0.05, 0.1) is 6.07 Å². The first-order chi connectivity index (χ1) is 9.70. The number of ketones is 1. The van der Waals surface area contributed by atoms with E-state index in [-0.39, 0.29) is 5.78 Å². The molecule has 0 bridgehead atoms. The zero-order valence-electron chi connectivity index (χ0n) is 11.6. The first-order valence-electron chi connectivity index (χ1n) is 7.38.